The molecule has 6 nitrogen and oxygen atoms in total. The standard InChI is InChI=1S/C38H24N6/c1-3-12-25(13-4-1)30-22-31(26-14-5-2-6-15-26)42-38(41-30)44-33-20-10-8-18-29(33)36-37(44)35-28-17-7-9-19-32(28)43(34(35)24-40-36)27-16-11-21-39-23-27/h1-24H. The lowest BCUT2D eigenvalue weighted by atomic mass is 10.1. The van der Waals surface area contributed by atoms with Gasteiger partial charge in [-0.05, 0) is 30.3 Å². The number of hydrogen-bond acceptors (Lipinski definition) is 4. The fraction of sp³-hybridized carbons (Fsp3) is 0. The highest BCUT2D eigenvalue weighted by atomic mass is 15.2. The Kier molecular flexibility index (Phi) is 5.40. The SMILES string of the molecule is c1ccc(-c2cc(-c3ccccc3)nc(-n3c4ccccc4c4ncc5c(c6ccccc6n5-c5cccnc5)c43)n2)cc1. The Balaban J connectivity index is 1.46. The number of nitrogens with zero attached hydrogens (tertiary/aromatic N) is 6. The highest BCUT2D eigenvalue weighted by molar-refractivity contribution is 6.24. The third-order valence-electron chi connectivity index (χ3n) is 8.27. The van der Waals surface area contributed by atoms with Crippen LogP contribution in [0.5, 0.6) is 0 Å². The Labute approximate surface area is 252 Å². The molecule has 0 radical (unpaired) electrons. The third kappa shape index (κ3) is 3.68. The first kappa shape index (κ1) is 24.5. The predicted molar refractivity (Wildman–Crippen MR) is 177 cm³/mol. The van der Waals surface area contributed by atoms with E-state index in [-0.39, 0.29) is 0 Å². The Bertz CT molecular complexity index is 2420. The molecule has 0 saturated carbocycles. The van der Waals surface area contributed by atoms with E-state index in [1.807, 2.05) is 54.9 Å². The van der Waals surface area contributed by atoms with Gasteiger partial charge in [-0.15, -0.1) is 0 Å². The molecule has 0 unspecified atom stereocenters. The van der Waals surface area contributed by atoms with Gasteiger partial charge in [0.25, 0.3) is 0 Å². The van der Waals surface area contributed by atoms with E-state index in [0.29, 0.717) is 5.95 Å². The van der Waals surface area contributed by atoms with E-state index in [4.69, 9.17) is 15.0 Å². The van der Waals surface area contributed by atoms with Crippen molar-refractivity contribution in [1.82, 2.24) is 29.1 Å². The first-order valence-corrected chi connectivity index (χ1v) is 14.6. The number of aromatic nitrogens is 6. The molecule has 5 aromatic heterocycles. The Morgan fingerprint density at radius 1 is 0.500 bits per heavy atom. The van der Waals surface area contributed by atoms with Gasteiger partial charge in [0.05, 0.1) is 57.1 Å². The van der Waals surface area contributed by atoms with Gasteiger partial charge in [0.1, 0.15) is 0 Å². The van der Waals surface area contributed by atoms with Gasteiger partial charge < -0.3 is 4.57 Å². The molecule has 4 aromatic carbocycles. The molecule has 9 rings (SSSR count). The monoisotopic (exact) mass is 564 g/mol. The summed E-state index contributed by atoms with van der Waals surface area (Å²) in [7, 11) is 0. The van der Waals surface area contributed by atoms with E-state index in [1.165, 1.54) is 0 Å². The van der Waals surface area contributed by atoms with Crippen LogP contribution in [0.25, 0.3) is 77.9 Å². The average Bonchev–Trinajstić information content (AvgIpc) is 3.62. The zero-order chi connectivity index (χ0) is 29.0. The summed E-state index contributed by atoms with van der Waals surface area (Å²) in [5, 5.41) is 3.28. The second kappa shape index (κ2) is 9.71. The van der Waals surface area contributed by atoms with Crippen LogP contribution in [0, 0.1) is 0 Å². The highest BCUT2D eigenvalue weighted by Crippen LogP contribution is 2.40. The van der Waals surface area contributed by atoms with Crippen LogP contribution in [0.4, 0.5) is 0 Å². The van der Waals surface area contributed by atoms with E-state index in [1.54, 1.807) is 6.20 Å². The summed E-state index contributed by atoms with van der Waals surface area (Å²) in [5.41, 5.74) is 9.75. The van der Waals surface area contributed by atoms with Gasteiger partial charge in [0.2, 0.25) is 5.95 Å². The van der Waals surface area contributed by atoms with Crippen LogP contribution in [-0.2, 0) is 0 Å². The average molecular weight is 565 g/mol. The van der Waals surface area contributed by atoms with Gasteiger partial charge in [0.15, 0.2) is 0 Å². The zero-order valence-electron chi connectivity index (χ0n) is 23.5. The summed E-state index contributed by atoms with van der Waals surface area (Å²) >= 11 is 0. The second-order valence-electron chi connectivity index (χ2n) is 10.8. The molecule has 0 spiro atoms. The molecule has 0 atom stereocenters. The number of pyridine rings is 2. The quantitative estimate of drug-likeness (QED) is 0.214. The third-order valence-corrected chi connectivity index (χ3v) is 8.27. The number of benzene rings is 4. The first-order chi connectivity index (χ1) is 21.8. The summed E-state index contributed by atoms with van der Waals surface area (Å²) in [4.78, 5) is 20.0. The molecule has 0 fully saturated rings. The van der Waals surface area contributed by atoms with Crippen LogP contribution in [-0.4, -0.2) is 29.1 Å². The molecule has 0 bridgehead atoms. The number of rotatable bonds is 4. The van der Waals surface area contributed by atoms with Crippen molar-refractivity contribution in [3.63, 3.8) is 0 Å². The van der Waals surface area contributed by atoms with Crippen molar-refractivity contribution in [2.24, 2.45) is 0 Å². The van der Waals surface area contributed by atoms with Crippen molar-refractivity contribution in [3.8, 4) is 34.2 Å². The Morgan fingerprint density at radius 2 is 1.11 bits per heavy atom. The molecule has 0 aliphatic rings. The van der Waals surface area contributed by atoms with Crippen LogP contribution in [0.2, 0.25) is 0 Å². The maximum Gasteiger partial charge on any atom is 0.235 e. The fourth-order valence-electron chi connectivity index (χ4n) is 6.36. The number of fused-ring (bicyclic) bond motifs is 7. The van der Waals surface area contributed by atoms with Crippen LogP contribution in [0.15, 0.2) is 146 Å². The number of hydrogen-bond donors (Lipinski definition) is 0. The van der Waals surface area contributed by atoms with Gasteiger partial charge in [0, 0.05) is 33.5 Å². The van der Waals surface area contributed by atoms with Crippen LogP contribution < -0.4 is 0 Å². The molecule has 44 heavy (non-hydrogen) atoms. The van der Waals surface area contributed by atoms with E-state index in [9.17, 15) is 0 Å². The lowest BCUT2D eigenvalue weighted by Crippen LogP contribution is -2.04. The van der Waals surface area contributed by atoms with Gasteiger partial charge in [-0.2, -0.15) is 0 Å². The maximum absolute atomic E-state index is 5.23. The normalized spacial score (nSPS) is 11.6. The molecule has 206 valence electrons. The topological polar surface area (TPSA) is 61.4 Å². The van der Waals surface area contributed by atoms with Crippen molar-refractivity contribution in [1.29, 1.82) is 0 Å². The summed E-state index contributed by atoms with van der Waals surface area (Å²) in [5.74, 6) is 0.601. The summed E-state index contributed by atoms with van der Waals surface area (Å²) in [6.07, 6.45) is 5.68. The zero-order valence-corrected chi connectivity index (χ0v) is 23.5. The molecule has 0 aliphatic heterocycles. The molecular weight excluding hydrogens is 540 g/mol. The van der Waals surface area contributed by atoms with Crippen LogP contribution >= 0.6 is 0 Å². The van der Waals surface area contributed by atoms with Gasteiger partial charge in [-0.1, -0.05) is 97.1 Å². The van der Waals surface area contributed by atoms with Crippen LogP contribution in [0.1, 0.15) is 0 Å². The summed E-state index contributed by atoms with van der Waals surface area (Å²) < 4.78 is 4.43. The molecule has 0 saturated heterocycles. The molecular formula is C38H24N6. The van der Waals surface area contributed by atoms with Crippen molar-refractivity contribution in [2.75, 3.05) is 0 Å². The van der Waals surface area contributed by atoms with Gasteiger partial charge >= 0.3 is 0 Å². The largest absolute Gasteiger partial charge is 0.306 e. The van der Waals surface area contributed by atoms with E-state index in [0.717, 1.165) is 71.9 Å². The first-order valence-electron chi connectivity index (χ1n) is 14.6. The lowest BCUT2D eigenvalue weighted by molar-refractivity contribution is 0.997. The molecule has 5 heterocycles. The molecule has 0 aliphatic carbocycles. The maximum atomic E-state index is 5.23. The van der Waals surface area contributed by atoms with Gasteiger partial charge in [-0.3, -0.25) is 14.5 Å². The van der Waals surface area contributed by atoms with Crippen molar-refractivity contribution < 1.29 is 0 Å². The molecule has 6 heteroatoms. The fourth-order valence-corrected chi connectivity index (χ4v) is 6.36. The molecule has 0 amide bonds. The molecule has 0 N–H and O–H groups in total. The Morgan fingerprint density at radius 3 is 1.77 bits per heavy atom. The minimum Gasteiger partial charge on any atom is -0.306 e. The van der Waals surface area contributed by atoms with E-state index >= 15 is 0 Å². The summed E-state index contributed by atoms with van der Waals surface area (Å²) in [6, 6.07) is 43.6. The van der Waals surface area contributed by atoms with Gasteiger partial charge in [-0.25, -0.2) is 9.97 Å². The van der Waals surface area contributed by atoms with Crippen molar-refractivity contribution in [3.05, 3.63) is 146 Å². The Hall–Kier alpha value is -6.14. The lowest BCUT2D eigenvalue weighted by Gasteiger charge is -2.12. The van der Waals surface area contributed by atoms with Crippen LogP contribution in [0.3, 0.4) is 0 Å². The minimum absolute atomic E-state index is 0.601. The molecule has 9 aromatic rings. The summed E-state index contributed by atoms with van der Waals surface area (Å²) in [6.45, 7) is 0. The predicted octanol–water partition coefficient (Wildman–Crippen LogP) is 8.79. The highest BCUT2D eigenvalue weighted by Gasteiger charge is 2.23. The second-order valence-corrected chi connectivity index (χ2v) is 10.8. The minimum atomic E-state index is 0.601. The number of para-hydroxylation sites is 2. The van der Waals surface area contributed by atoms with E-state index in [2.05, 4.69) is 99.0 Å². The van der Waals surface area contributed by atoms with E-state index < -0.39 is 0 Å². The van der Waals surface area contributed by atoms with Crippen molar-refractivity contribution >= 4 is 43.7 Å². The smallest absolute Gasteiger partial charge is 0.235 e. The van der Waals surface area contributed by atoms with Crippen molar-refractivity contribution in [2.45, 2.75) is 0 Å².